The lowest BCUT2D eigenvalue weighted by Crippen LogP contribution is -2.40. The van der Waals surface area contributed by atoms with Gasteiger partial charge in [0.2, 0.25) is 0 Å². The van der Waals surface area contributed by atoms with Crippen molar-refractivity contribution in [2.75, 3.05) is 0 Å². The summed E-state index contributed by atoms with van der Waals surface area (Å²) >= 11 is 1.52. The van der Waals surface area contributed by atoms with E-state index in [2.05, 4.69) is 0 Å². The van der Waals surface area contributed by atoms with Crippen LogP contribution < -0.4 is 0 Å². The molecule has 1 heterocycles. The molecular formula is C21H22O2S. The van der Waals surface area contributed by atoms with E-state index in [1.807, 2.05) is 62.4 Å². The van der Waals surface area contributed by atoms with Gasteiger partial charge in [-0.05, 0) is 25.0 Å². The quantitative estimate of drug-likeness (QED) is 0.660. The van der Waals surface area contributed by atoms with Gasteiger partial charge in [-0.25, -0.2) is 0 Å². The number of benzene rings is 2. The number of ketones is 2. The molecule has 0 unspecified atom stereocenters. The Balaban J connectivity index is 2.29. The Morgan fingerprint density at radius 3 is 1.58 bits per heavy atom. The van der Waals surface area contributed by atoms with Gasteiger partial charge in [-0.15, -0.1) is 0 Å². The molecule has 2 aromatic carbocycles. The molecule has 0 N–H and O–H groups in total. The van der Waals surface area contributed by atoms with Crippen molar-refractivity contribution in [3.63, 3.8) is 0 Å². The third-order valence-corrected chi connectivity index (χ3v) is 5.86. The molecule has 0 radical (unpaired) electrons. The minimum Gasteiger partial charge on any atom is -0.293 e. The predicted molar refractivity (Wildman–Crippen MR) is 97.9 cm³/mol. The molecule has 0 amide bonds. The molecule has 3 rings (SSSR count). The van der Waals surface area contributed by atoms with Gasteiger partial charge in [-0.3, -0.25) is 9.59 Å². The van der Waals surface area contributed by atoms with Crippen molar-refractivity contribution in [3.8, 4) is 0 Å². The minimum atomic E-state index is -0.934. The molecule has 24 heavy (non-hydrogen) atoms. The summed E-state index contributed by atoms with van der Waals surface area (Å²) in [5.41, 5.74) is 0.441. The average molecular weight is 338 g/mol. The highest BCUT2D eigenvalue weighted by Gasteiger charge is 2.46. The summed E-state index contributed by atoms with van der Waals surface area (Å²) in [6.07, 6.45) is 2.83. The fraction of sp³-hybridized carbons (Fsp3) is 0.333. The third-order valence-electron chi connectivity index (χ3n) is 4.71. The van der Waals surface area contributed by atoms with Crippen LogP contribution in [-0.2, 0) is 0 Å². The number of carbonyl (C=O) groups is 2. The maximum atomic E-state index is 13.5. The first-order valence-corrected chi connectivity index (χ1v) is 9.41. The van der Waals surface area contributed by atoms with Crippen molar-refractivity contribution >= 4 is 23.3 Å². The van der Waals surface area contributed by atoms with Crippen LogP contribution in [0.25, 0.3) is 0 Å². The highest BCUT2D eigenvalue weighted by atomic mass is 32.2. The third kappa shape index (κ3) is 2.71. The fourth-order valence-corrected chi connectivity index (χ4v) is 4.73. The standard InChI is InChI=1S/C21H22O2S/c1-3-13-21(14-4-2)19(22)15-9-5-7-11-17(15)24-18-12-8-6-10-16(18)20(21)23/h5-12H,3-4,13-14H2,1-2H3. The van der Waals surface area contributed by atoms with Crippen LogP contribution in [0, 0.1) is 5.41 Å². The zero-order chi connectivity index (χ0) is 17.2. The molecule has 0 fully saturated rings. The lowest BCUT2D eigenvalue weighted by atomic mass is 9.68. The molecule has 0 atom stereocenters. The van der Waals surface area contributed by atoms with Gasteiger partial charge in [0, 0.05) is 20.9 Å². The van der Waals surface area contributed by atoms with Crippen LogP contribution in [0.1, 0.15) is 60.2 Å². The summed E-state index contributed by atoms with van der Waals surface area (Å²) in [6.45, 7) is 4.09. The van der Waals surface area contributed by atoms with E-state index in [4.69, 9.17) is 0 Å². The van der Waals surface area contributed by atoms with Crippen LogP contribution in [0.4, 0.5) is 0 Å². The van der Waals surface area contributed by atoms with E-state index in [0.717, 1.165) is 22.6 Å². The van der Waals surface area contributed by atoms with Gasteiger partial charge in [0.25, 0.3) is 0 Å². The van der Waals surface area contributed by atoms with E-state index in [-0.39, 0.29) is 11.6 Å². The molecule has 1 aliphatic rings. The van der Waals surface area contributed by atoms with Gasteiger partial charge in [-0.2, -0.15) is 0 Å². The summed E-state index contributed by atoms with van der Waals surface area (Å²) < 4.78 is 0. The van der Waals surface area contributed by atoms with Crippen molar-refractivity contribution < 1.29 is 9.59 Å². The predicted octanol–water partition coefficient (Wildman–Crippen LogP) is 5.80. The zero-order valence-corrected chi connectivity index (χ0v) is 15.0. The summed E-state index contributed by atoms with van der Waals surface area (Å²) in [7, 11) is 0. The first-order chi connectivity index (χ1) is 11.6. The van der Waals surface area contributed by atoms with Crippen molar-refractivity contribution in [1.29, 1.82) is 0 Å². The van der Waals surface area contributed by atoms with E-state index in [1.165, 1.54) is 11.8 Å². The van der Waals surface area contributed by atoms with Gasteiger partial charge in [-0.1, -0.05) is 74.8 Å². The molecule has 0 spiro atoms. The van der Waals surface area contributed by atoms with Crippen LogP contribution >= 0.6 is 11.8 Å². The Morgan fingerprint density at radius 2 is 1.17 bits per heavy atom. The Kier molecular flexibility index (Phi) is 4.91. The van der Waals surface area contributed by atoms with Crippen molar-refractivity contribution in [2.45, 2.75) is 49.3 Å². The van der Waals surface area contributed by atoms with Crippen molar-refractivity contribution in [3.05, 3.63) is 59.7 Å². The first kappa shape index (κ1) is 17.0. The topological polar surface area (TPSA) is 34.1 Å². The normalized spacial score (nSPS) is 16.1. The highest BCUT2D eigenvalue weighted by molar-refractivity contribution is 7.99. The van der Waals surface area contributed by atoms with Gasteiger partial charge >= 0.3 is 0 Å². The van der Waals surface area contributed by atoms with Crippen LogP contribution in [0.3, 0.4) is 0 Å². The van der Waals surface area contributed by atoms with Crippen molar-refractivity contribution in [1.82, 2.24) is 0 Å². The molecule has 1 aliphatic heterocycles. The number of fused-ring (bicyclic) bond motifs is 2. The summed E-state index contributed by atoms with van der Waals surface area (Å²) in [6, 6.07) is 15.4. The molecule has 2 nitrogen and oxygen atoms in total. The van der Waals surface area contributed by atoms with E-state index >= 15 is 0 Å². The molecule has 0 saturated carbocycles. The largest absolute Gasteiger partial charge is 0.293 e. The maximum absolute atomic E-state index is 13.5. The van der Waals surface area contributed by atoms with Crippen molar-refractivity contribution in [2.24, 2.45) is 5.41 Å². The monoisotopic (exact) mass is 338 g/mol. The minimum absolute atomic E-state index is 0.00574. The zero-order valence-electron chi connectivity index (χ0n) is 14.2. The summed E-state index contributed by atoms with van der Waals surface area (Å²) in [5, 5.41) is 0. The number of hydrogen-bond acceptors (Lipinski definition) is 3. The van der Waals surface area contributed by atoms with Gasteiger partial charge in [0.15, 0.2) is 11.6 Å². The lowest BCUT2D eigenvalue weighted by molar-refractivity contribution is 0.0621. The Labute approximate surface area is 147 Å². The molecule has 124 valence electrons. The molecule has 0 bridgehead atoms. The smallest absolute Gasteiger partial charge is 0.177 e. The first-order valence-electron chi connectivity index (χ1n) is 8.59. The van der Waals surface area contributed by atoms with E-state index < -0.39 is 5.41 Å². The Bertz CT molecular complexity index is 713. The van der Waals surface area contributed by atoms with Gasteiger partial charge in [0.05, 0.1) is 5.41 Å². The van der Waals surface area contributed by atoms with E-state index in [9.17, 15) is 9.59 Å². The van der Waals surface area contributed by atoms with Gasteiger partial charge in [0.1, 0.15) is 0 Å². The van der Waals surface area contributed by atoms with Gasteiger partial charge < -0.3 is 0 Å². The Morgan fingerprint density at radius 1 is 0.750 bits per heavy atom. The second kappa shape index (κ2) is 6.94. The second-order valence-electron chi connectivity index (χ2n) is 6.33. The van der Waals surface area contributed by atoms with Crippen LogP contribution in [0.15, 0.2) is 58.3 Å². The second-order valence-corrected chi connectivity index (χ2v) is 7.42. The SMILES string of the molecule is CCCC1(CCC)C(=O)c2ccccc2Sc2ccccc2C1=O. The maximum Gasteiger partial charge on any atom is 0.177 e. The number of rotatable bonds is 4. The molecule has 2 aromatic rings. The van der Waals surface area contributed by atoms with E-state index in [1.54, 1.807) is 0 Å². The summed E-state index contributed by atoms with van der Waals surface area (Å²) in [4.78, 5) is 28.8. The number of Topliss-reactive ketones (excluding diaryl/α,β-unsaturated/α-hetero) is 2. The van der Waals surface area contributed by atoms with Crippen LogP contribution in [-0.4, -0.2) is 11.6 Å². The number of hydrogen-bond donors (Lipinski definition) is 0. The molecule has 3 heteroatoms. The highest BCUT2D eigenvalue weighted by Crippen LogP contribution is 2.45. The van der Waals surface area contributed by atoms with E-state index in [0.29, 0.717) is 24.0 Å². The Hall–Kier alpha value is -1.87. The molecular weight excluding hydrogens is 316 g/mol. The summed E-state index contributed by atoms with van der Waals surface area (Å²) in [5.74, 6) is -0.0115. The number of carbonyl (C=O) groups excluding carboxylic acids is 2. The average Bonchev–Trinajstić information content (AvgIpc) is 2.60. The molecule has 0 aliphatic carbocycles. The fourth-order valence-electron chi connectivity index (χ4n) is 3.66. The van der Waals surface area contributed by atoms with Crippen LogP contribution in [0.2, 0.25) is 0 Å². The lowest BCUT2D eigenvalue weighted by Gasteiger charge is -2.33. The molecule has 0 saturated heterocycles. The van der Waals surface area contributed by atoms with Crippen LogP contribution in [0.5, 0.6) is 0 Å². The molecule has 0 aromatic heterocycles.